The molecule has 2 aromatic rings. The molecule has 1 aromatic carbocycles. The first-order valence-electron chi connectivity index (χ1n) is 6.23. The number of ether oxygens (including phenoxy) is 1. The van der Waals surface area contributed by atoms with E-state index < -0.39 is 0 Å². The van der Waals surface area contributed by atoms with Gasteiger partial charge in [-0.3, -0.25) is 4.68 Å². The number of rotatable bonds is 5. The van der Waals surface area contributed by atoms with Gasteiger partial charge in [-0.05, 0) is 31.7 Å². The summed E-state index contributed by atoms with van der Waals surface area (Å²) in [4.78, 5) is 0. The van der Waals surface area contributed by atoms with E-state index in [1.807, 2.05) is 24.7 Å². The van der Waals surface area contributed by atoms with E-state index in [-0.39, 0.29) is 11.9 Å². The number of aromatic nitrogens is 2. The van der Waals surface area contributed by atoms with Crippen LogP contribution in [0.1, 0.15) is 24.2 Å². The van der Waals surface area contributed by atoms with Crippen LogP contribution in [-0.4, -0.2) is 23.9 Å². The SMILES string of the molecule is CCn1ncc(OC)c1C(NC)c1cccc(F)c1. The first-order valence-corrected chi connectivity index (χ1v) is 6.23. The number of halogens is 1. The third kappa shape index (κ3) is 2.61. The Bertz CT molecular complexity index is 532. The summed E-state index contributed by atoms with van der Waals surface area (Å²) < 4.78 is 20.6. The number of hydrogen-bond acceptors (Lipinski definition) is 3. The fraction of sp³-hybridized carbons (Fsp3) is 0.357. The summed E-state index contributed by atoms with van der Waals surface area (Å²) in [6.45, 7) is 2.74. The second-order valence-electron chi connectivity index (χ2n) is 4.19. The maximum absolute atomic E-state index is 13.4. The van der Waals surface area contributed by atoms with E-state index in [0.717, 1.165) is 17.8 Å². The second kappa shape index (κ2) is 5.84. The van der Waals surface area contributed by atoms with Crippen molar-refractivity contribution in [3.8, 4) is 5.75 Å². The first kappa shape index (κ1) is 13.5. The minimum atomic E-state index is -0.251. The van der Waals surface area contributed by atoms with E-state index in [9.17, 15) is 4.39 Å². The van der Waals surface area contributed by atoms with Crippen molar-refractivity contribution in [2.45, 2.75) is 19.5 Å². The van der Waals surface area contributed by atoms with Crippen LogP contribution in [0, 0.1) is 5.82 Å². The highest BCUT2D eigenvalue weighted by atomic mass is 19.1. The van der Waals surface area contributed by atoms with Crippen molar-refractivity contribution in [2.75, 3.05) is 14.2 Å². The Kier molecular flexibility index (Phi) is 4.16. The highest BCUT2D eigenvalue weighted by Gasteiger charge is 2.22. The lowest BCUT2D eigenvalue weighted by Gasteiger charge is -2.19. The molecule has 1 atom stereocenters. The van der Waals surface area contributed by atoms with Crippen molar-refractivity contribution < 1.29 is 9.13 Å². The van der Waals surface area contributed by atoms with Crippen molar-refractivity contribution >= 4 is 0 Å². The van der Waals surface area contributed by atoms with Crippen molar-refractivity contribution in [3.05, 3.63) is 47.5 Å². The molecule has 0 radical (unpaired) electrons. The summed E-state index contributed by atoms with van der Waals surface area (Å²) in [6.07, 6.45) is 1.68. The van der Waals surface area contributed by atoms with Gasteiger partial charge in [0, 0.05) is 6.54 Å². The molecule has 0 amide bonds. The van der Waals surface area contributed by atoms with Gasteiger partial charge in [0.25, 0.3) is 0 Å². The third-order valence-corrected chi connectivity index (χ3v) is 3.11. The molecule has 1 N–H and O–H groups in total. The predicted octanol–water partition coefficient (Wildman–Crippen LogP) is 2.36. The van der Waals surface area contributed by atoms with Gasteiger partial charge in [0.1, 0.15) is 11.5 Å². The molecular weight excluding hydrogens is 245 g/mol. The second-order valence-corrected chi connectivity index (χ2v) is 4.19. The molecule has 1 heterocycles. The third-order valence-electron chi connectivity index (χ3n) is 3.11. The number of nitrogens with one attached hydrogen (secondary N) is 1. The summed E-state index contributed by atoms with van der Waals surface area (Å²) >= 11 is 0. The average molecular weight is 263 g/mol. The van der Waals surface area contributed by atoms with Crippen molar-refractivity contribution in [3.63, 3.8) is 0 Å². The highest BCUT2D eigenvalue weighted by molar-refractivity contribution is 5.36. The quantitative estimate of drug-likeness (QED) is 0.900. The van der Waals surface area contributed by atoms with Crippen LogP contribution in [0.25, 0.3) is 0 Å². The Hall–Kier alpha value is -1.88. The molecule has 0 fully saturated rings. The van der Waals surface area contributed by atoms with Gasteiger partial charge in [0.2, 0.25) is 0 Å². The normalized spacial score (nSPS) is 12.4. The molecule has 0 bridgehead atoms. The highest BCUT2D eigenvalue weighted by Crippen LogP contribution is 2.29. The topological polar surface area (TPSA) is 39.1 Å². The molecule has 1 unspecified atom stereocenters. The molecule has 5 heteroatoms. The minimum Gasteiger partial charge on any atom is -0.493 e. The Balaban J connectivity index is 2.50. The zero-order valence-corrected chi connectivity index (χ0v) is 11.4. The van der Waals surface area contributed by atoms with E-state index >= 15 is 0 Å². The van der Waals surface area contributed by atoms with E-state index in [2.05, 4.69) is 10.4 Å². The van der Waals surface area contributed by atoms with Crippen molar-refractivity contribution in [2.24, 2.45) is 0 Å². The standard InChI is InChI=1S/C14H18FN3O/c1-4-18-14(12(19-3)9-17-18)13(16-2)10-6-5-7-11(15)8-10/h5-9,13,16H,4H2,1-3H3. The van der Waals surface area contributed by atoms with Gasteiger partial charge < -0.3 is 10.1 Å². The molecule has 0 saturated heterocycles. The molecule has 0 aliphatic rings. The van der Waals surface area contributed by atoms with Gasteiger partial charge in [-0.15, -0.1) is 0 Å². The number of benzene rings is 1. The monoisotopic (exact) mass is 263 g/mol. The number of methoxy groups -OCH3 is 1. The van der Waals surface area contributed by atoms with Crippen LogP contribution in [0.3, 0.4) is 0 Å². The fourth-order valence-corrected chi connectivity index (χ4v) is 2.23. The molecule has 102 valence electrons. The smallest absolute Gasteiger partial charge is 0.161 e. The summed E-state index contributed by atoms with van der Waals surface area (Å²) in [7, 11) is 3.45. The summed E-state index contributed by atoms with van der Waals surface area (Å²) in [5, 5.41) is 7.47. The zero-order chi connectivity index (χ0) is 13.8. The van der Waals surface area contributed by atoms with Gasteiger partial charge in [-0.2, -0.15) is 5.10 Å². The fourth-order valence-electron chi connectivity index (χ4n) is 2.23. The Morgan fingerprint density at radius 3 is 2.84 bits per heavy atom. The molecular formula is C14H18FN3O. The van der Waals surface area contributed by atoms with Crippen molar-refractivity contribution in [1.29, 1.82) is 0 Å². The van der Waals surface area contributed by atoms with Crippen LogP contribution in [-0.2, 0) is 6.54 Å². The van der Waals surface area contributed by atoms with Crippen LogP contribution in [0.2, 0.25) is 0 Å². The van der Waals surface area contributed by atoms with Crippen LogP contribution in [0.15, 0.2) is 30.5 Å². The Morgan fingerprint density at radius 2 is 2.26 bits per heavy atom. The van der Waals surface area contributed by atoms with Gasteiger partial charge in [0.05, 0.1) is 19.3 Å². The van der Waals surface area contributed by atoms with Gasteiger partial charge in [0.15, 0.2) is 5.75 Å². The predicted molar refractivity (Wildman–Crippen MR) is 71.8 cm³/mol. The van der Waals surface area contributed by atoms with Crippen LogP contribution in [0.5, 0.6) is 5.75 Å². The van der Waals surface area contributed by atoms with Crippen molar-refractivity contribution in [1.82, 2.24) is 15.1 Å². The lowest BCUT2D eigenvalue weighted by atomic mass is 10.0. The largest absolute Gasteiger partial charge is 0.493 e. The average Bonchev–Trinajstić information content (AvgIpc) is 2.83. The summed E-state index contributed by atoms with van der Waals surface area (Å²) in [6, 6.07) is 6.39. The summed E-state index contributed by atoms with van der Waals surface area (Å²) in [5.74, 6) is 0.449. The Morgan fingerprint density at radius 1 is 1.47 bits per heavy atom. The molecule has 1 aromatic heterocycles. The summed E-state index contributed by atoms with van der Waals surface area (Å²) in [5.41, 5.74) is 1.74. The first-order chi connectivity index (χ1) is 9.21. The lowest BCUT2D eigenvalue weighted by molar-refractivity contribution is 0.401. The number of hydrogen-bond donors (Lipinski definition) is 1. The number of aryl methyl sites for hydroxylation is 1. The maximum Gasteiger partial charge on any atom is 0.161 e. The lowest BCUT2D eigenvalue weighted by Crippen LogP contribution is -2.22. The maximum atomic E-state index is 13.4. The van der Waals surface area contributed by atoms with E-state index in [0.29, 0.717) is 5.75 Å². The molecule has 19 heavy (non-hydrogen) atoms. The van der Waals surface area contributed by atoms with E-state index in [4.69, 9.17) is 4.74 Å². The minimum absolute atomic E-state index is 0.159. The molecule has 0 spiro atoms. The van der Waals surface area contributed by atoms with E-state index in [1.165, 1.54) is 12.1 Å². The van der Waals surface area contributed by atoms with Gasteiger partial charge >= 0.3 is 0 Å². The number of nitrogens with zero attached hydrogens (tertiary/aromatic N) is 2. The molecule has 0 aliphatic heterocycles. The zero-order valence-electron chi connectivity index (χ0n) is 11.4. The molecule has 4 nitrogen and oxygen atoms in total. The molecule has 0 saturated carbocycles. The van der Waals surface area contributed by atoms with Crippen LogP contribution < -0.4 is 10.1 Å². The molecule has 2 rings (SSSR count). The van der Waals surface area contributed by atoms with Gasteiger partial charge in [-0.1, -0.05) is 12.1 Å². The molecule has 0 aliphatic carbocycles. The van der Waals surface area contributed by atoms with Gasteiger partial charge in [-0.25, -0.2) is 4.39 Å². The Labute approximate surface area is 112 Å². The van der Waals surface area contributed by atoms with Crippen LogP contribution >= 0.6 is 0 Å². The van der Waals surface area contributed by atoms with E-state index in [1.54, 1.807) is 19.4 Å². The van der Waals surface area contributed by atoms with Crippen LogP contribution in [0.4, 0.5) is 4.39 Å².